The van der Waals surface area contributed by atoms with E-state index in [1.165, 1.54) is 0 Å². The molecule has 0 spiro atoms. The van der Waals surface area contributed by atoms with Gasteiger partial charge >= 0.3 is 0 Å². The van der Waals surface area contributed by atoms with Crippen molar-refractivity contribution in [2.45, 2.75) is 71.5 Å². The molecule has 24 heavy (non-hydrogen) atoms. The fourth-order valence-electron chi connectivity index (χ4n) is 4.21. The molecule has 0 bridgehead atoms. The smallest absolute Gasteiger partial charge is 0.282 e. The van der Waals surface area contributed by atoms with Gasteiger partial charge in [0.15, 0.2) is 0 Å². The Bertz CT molecular complexity index is 622. The van der Waals surface area contributed by atoms with Crippen LogP contribution in [0.5, 0.6) is 0 Å². The lowest BCUT2D eigenvalue weighted by Gasteiger charge is -2.38. The van der Waals surface area contributed by atoms with Crippen molar-refractivity contribution in [2.24, 2.45) is 17.8 Å². The summed E-state index contributed by atoms with van der Waals surface area (Å²) in [4.78, 5) is 0.140. The van der Waals surface area contributed by atoms with E-state index in [0.717, 1.165) is 28.9 Å². The van der Waals surface area contributed by atoms with Crippen molar-refractivity contribution in [3.05, 3.63) is 23.8 Å². The average Bonchev–Trinajstić information content (AvgIpc) is 2.34. The first-order valence-corrected chi connectivity index (χ1v) is 13.0. The van der Waals surface area contributed by atoms with Crippen molar-refractivity contribution in [3.8, 4) is 0 Å². The van der Waals surface area contributed by atoms with Gasteiger partial charge in [0.1, 0.15) is 0 Å². The normalized spacial score (nSPS) is 13.3. The van der Waals surface area contributed by atoms with Crippen LogP contribution in [-0.2, 0) is 10.1 Å². The molecule has 3 nitrogen and oxygen atoms in total. The van der Waals surface area contributed by atoms with Crippen LogP contribution in [0.3, 0.4) is 0 Å². The highest BCUT2D eigenvalue weighted by Crippen LogP contribution is 2.34. The Labute approximate surface area is 149 Å². The first-order valence-electron chi connectivity index (χ1n) is 8.96. The standard InChI is InChI=1S/C19H34O3SSi/c1-14(2)11-24(12-15(3)4,13-16(5)6)19-10-17(7)8-9-18(19)23(20,21)22/h8-10,14-16H,11-13H2,1-7H3,(H,20,21,22). The van der Waals surface area contributed by atoms with Crippen molar-refractivity contribution in [1.29, 1.82) is 0 Å². The lowest BCUT2D eigenvalue weighted by atomic mass is 10.2. The zero-order chi connectivity index (χ0) is 18.7. The molecule has 138 valence electrons. The summed E-state index contributed by atoms with van der Waals surface area (Å²) < 4.78 is 33.9. The quantitative estimate of drug-likeness (QED) is 0.525. The summed E-state index contributed by atoms with van der Waals surface area (Å²) in [5.74, 6) is 1.51. The van der Waals surface area contributed by atoms with Crippen LogP contribution in [0.2, 0.25) is 18.1 Å². The topological polar surface area (TPSA) is 54.4 Å². The van der Waals surface area contributed by atoms with Gasteiger partial charge in [-0.05, 0) is 35.9 Å². The number of rotatable bonds is 8. The van der Waals surface area contributed by atoms with Crippen molar-refractivity contribution < 1.29 is 13.0 Å². The molecule has 1 aromatic rings. The van der Waals surface area contributed by atoms with Crippen LogP contribution in [0, 0.1) is 24.7 Å². The summed E-state index contributed by atoms with van der Waals surface area (Å²) in [7, 11) is -6.29. The van der Waals surface area contributed by atoms with Gasteiger partial charge in [0, 0.05) is 0 Å². The van der Waals surface area contributed by atoms with E-state index in [-0.39, 0.29) is 4.90 Å². The number of hydrogen-bond acceptors (Lipinski definition) is 2. The van der Waals surface area contributed by atoms with E-state index in [1.807, 2.05) is 13.0 Å². The largest absolute Gasteiger partial charge is 0.294 e. The zero-order valence-corrected chi connectivity index (χ0v) is 18.1. The Morgan fingerprint density at radius 3 is 1.67 bits per heavy atom. The number of hydrogen-bond donors (Lipinski definition) is 1. The molecule has 0 aliphatic rings. The summed E-state index contributed by atoms with van der Waals surface area (Å²) in [6.45, 7) is 15.3. The predicted molar refractivity (Wildman–Crippen MR) is 105 cm³/mol. The third-order valence-electron chi connectivity index (χ3n) is 4.38. The first-order chi connectivity index (χ1) is 10.9. The fraction of sp³-hybridized carbons (Fsp3) is 0.684. The van der Waals surface area contributed by atoms with Crippen molar-refractivity contribution >= 4 is 23.4 Å². The minimum absolute atomic E-state index is 0.140. The summed E-state index contributed by atoms with van der Waals surface area (Å²) in [6, 6.07) is 8.57. The monoisotopic (exact) mass is 370 g/mol. The van der Waals surface area contributed by atoms with Gasteiger partial charge in [-0.25, -0.2) is 0 Å². The fourth-order valence-corrected chi connectivity index (χ4v) is 12.8. The minimum Gasteiger partial charge on any atom is -0.282 e. The van der Waals surface area contributed by atoms with Crippen molar-refractivity contribution in [3.63, 3.8) is 0 Å². The SMILES string of the molecule is Cc1ccc(S(=O)(=O)O)c([Si](CC(C)C)(CC(C)C)CC(C)C)c1. The zero-order valence-electron chi connectivity index (χ0n) is 16.3. The lowest BCUT2D eigenvalue weighted by molar-refractivity contribution is 0.483. The summed E-state index contributed by atoms with van der Waals surface area (Å²) in [6.07, 6.45) is 0. The van der Waals surface area contributed by atoms with Gasteiger partial charge in [-0.15, -0.1) is 0 Å². The van der Waals surface area contributed by atoms with E-state index in [0.29, 0.717) is 17.8 Å². The van der Waals surface area contributed by atoms with Gasteiger partial charge in [0.05, 0.1) is 13.0 Å². The van der Waals surface area contributed by atoms with Crippen LogP contribution in [0.4, 0.5) is 0 Å². The maximum atomic E-state index is 12.0. The van der Waals surface area contributed by atoms with E-state index < -0.39 is 18.2 Å². The predicted octanol–water partition coefficient (Wildman–Crippen LogP) is 4.87. The van der Waals surface area contributed by atoms with Crippen LogP contribution in [0.1, 0.15) is 47.1 Å². The van der Waals surface area contributed by atoms with Gasteiger partial charge in [-0.2, -0.15) is 8.42 Å². The van der Waals surface area contributed by atoms with Crippen molar-refractivity contribution in [1.82, 2.24) is 0 Å². The second-order valence-electron chi connectivity index (χ2n) is 8.55. The molecule has 0 atom stereocenters. The van der Waals surface area contributed by atoms with Crippen molar-refractivity contribution in [2.75, 3.05) is 0 Å². The Hall–Kier alpha value is -0.653. The number of aryl methyl sites for hydroxylation is 1. The Balaban J connectivity index is 3.72. The van der Waals surface area contributed by atoms with Gasteiger partial charge in [0.2, 0.25) is 0 Å². The molecule has 0 aliphatic carbocycles. The van der Waals surface area contributed by atoms with Gasteiger partial charge in [-0.3, -0.25) is 4.55 Å². The number of benzene rings is 1. The molecule has 5 heteroatoms. The van der Waals surface area contributed by atoms with Gasteiger partial charge < -0.3 is 0 Å². The molecule has 0 heterocycles. The Morgan fingerprint density at radius 1 is 0.917 bits per heavy atom. The maximum absolute atomic E-state index is 12.0. The Morgan fingerprint density at radius 2 is 1.33 bits per heavy atom. The van der Waals surface area contributed by atoms with Crippen LogP contribution >= 0.6 is 0 Å². The molecule has 0 unspecified atom stereocenters. The third-order valence-corrected chi connectivity index (χ3v) is 11.8. The second kappa shape index (κ2) is 8.15. The van der Waals surface area contributed by atoms with E-state index in [9.17, 15) is 13.0 Å². The van der Waals surface area contributed by atoms with Gasteiger partial charge in [-0.1, -0.05) is 77.4 Å². The van der Waals surface area contributed by atoms with Gasteiger partial charge in [0.25, 0.3) is 10.1 Å². The van der Waals surface area contributed by atoms with Crippen LogP contribution in [0.15, 0.2) is 23.1 Å². The highest BCUT2D eigenvalue weighted by Gasteiger charge is 2.40. The molecular formula is C19H34O3SSi. The molecule has 0 fully saturated rings. The van der Waals surface area contributed by atoms with E-state index in [1.54, 1.807) is 12.1 Å². The lowest BCUT2D eigenvalue weighted by Crippen LogP contribution is -2.52. The molecular weight excluding hydrogens is 336 g/mol. The molecule has 0 saturated heterocycles. The summed E-state index contributed by atoms with van der Waals surface area (Å²) >= 11 is 0. The molecule has 1 N–H and O–H groups in total. The molecule has 0 aromatic heterocycles. The molecule has 0 saturated carbocycles. The summed E-state index contributed by atoms with van der Waals surface area (Å²) in [5, 5.41) is 0.932. The Kier molecular flexibility index (Phi) is 7.26. The highest BCUT2D eigenvalue weighted by molar-refractivity contribution is 7.86. The first kappa shape index (κ1) is 21.4. The van der Waals surface area contributed by atoms with E-state index >= 15 is 0 Å². The average molecular weight is 371 g/mol. The molecule has 0 amide bonds. The molecule has 0 radical (unpaired) electrons. The summed E-state index contributed by atoms with van der Waals surface area (Å²) in [5.41, 5.74) is 1.06. The minimum atomic E-state index is -4.21. The molecule has 0 aliphatic heterocycles. The second-order valence-corrected chi connectivity index (χ2v) is 14.3. The van der Waals surface area contributed by atoms with Crippen LogP contribution in [-0.4, -0.2) is 21.0 Å². The maximum Gasteiger partial charge on any atom is 0.294 e. The van der Waals surface area contributed by atoms with Crippen LogP contribution < -0.4 is 5.19 Å². The molecule has 1 aromatic carbocycles. The van der Waals surface area contributed by atoms with E-state index in [2.05, 4.69) is 41.5 Å². The highest BCUT2D eigenvalue weighted by atomic mass is 32.2. The molecule has 1 rings (SSSR count). The third kappa shape index (κ3) is 5.71. The van der Waals surface area contributed by atoms with E-state index in [4.69, 9.17) is 0 Å². The van der Waals surface area contributed by atoms with Crippen LogP contribution in [0.25, 0.3) is 0 Å².